The molecule has 0 saturated carbocycles. The molecule has 2 N–H and O–H groups in total. The third-order valence-corrected chi connectivity index (χ3v) is 1.69. The highest BCUT2D eigenvalue weighted by molar-refractivity contribution is 5.63. The molecule has 0 fully saturated rings. The SMILES string of the molecule is CCCc1ccccc1F.CNC(=O)O. The van der Waals surface area contributed by atoms with Crippen molar-refractivity contribution in [2.45, 2.75) is 19.8 Å². The van der Waals surface area contributed by atoms with Crippen molar-refractivity contribution in [1.82, 2.24) is 5.32 Å². The first kappa shape index (κ1) is 13.4. The van der Waals surface area contributed by atoms with Gasteiger partial charge in [-0.3, -0.25) is 0 Å². The van der Waals surface area contributed by atoms with Gasteiger partial charge in [0.05, 0.1) is 0 Å². The molecule has 0 saturated heterocycles. The fourth-order valence-corrected chi connectivity index (χ4v) is 0.970. The van der Waals surface area contributed by atoms with Crippen LogP contribution in [-0.2, 0) is 6.42 Å². The van der Waals surface area contributed by atoms with Crippen molar-refractivity contribution >= 4 is 6.09 Å². The Kier molecular flexibility index (Phi) is 6.97. The van der Waals surface area contributed by atoms with Crippen LogP contribution in [0.25, 0.3) is 0 Å². The summed E-state index contributed by atoms with van der Waals surface area (Å²) in [5.41, 5.74) is 0.824. The molecule has 15 heavy (non-hydrogen) atoms. The molecule has 4 heteroatoms. The third kappa shape index (κ3) is 6.49. The molecule has 0 radical (unpaired) electrons. The Morgan fingerprint density at radius 1 is 1.47 bits per heavy atom. The van der Waals surface area contributed by atoms with Gasteiger partial charge in [-0.1, -0.05) is 31.5 Å². The second-order valence-electron chi connectivity index (χ2n) is 2.90. The number of carboxylic acid groups (broad SMARTS) is 1. The van der Waals surface area contributed by atoms with Crippen LogP contribution in [0.2, 0.25) is 0 Å². The monoisotopic (exact) mass is 213 g/mol. The number of hydrogen-bond acceptors (Lipinski definition) is 1. The van der Waals surface area contributed by atoms with E-state index in [-0.39, 0.29) is 5.82 Å². The predicted molar refractivity (Wildman–Crippen MR) is 57.5 cm³/mol. The lowest BCUT2D eigenvalue weighted by Crippen LogP contribution is -2.13. The van der Waals surface area contributed by atoms with E-state index in [1.54, 1.807) is 6.07 Å². The van der Waals surface area contributed by atoms with E-state index in [0.29, 0.717) is 0 Å². The Morgan fingerprint density at radius 2 is 2.00 bits per heavy atom. The highest BCUT2D eigenvalue weighted by Gasteiger charge is 1.96. The minimum absolute atomic E-state index is 0.0793. The molecule has 0 aliphatic rings. The number of amides is 1. The first-order valence-corrected chi connectivity index (χ1v) is 4.75. The summed E-state index contributed by atoms with van der Waals surface area (Å²) in [4.78, 5) is 9.26. The van der Waals surface area contributed by atoms with E-state index in [9.17, 15) is 9.18 Å². The average molecular weight is 213 g/mol. The number of hydrogen-bond donors (Lipinski definition) is 2. The maximum absolute atomic E-state index is 12.8. The number of nitrogens with one attached hydrogen (secondary N) is 1. The van der Waals surface area contributed by atoms with E-state index in [0.717, 1.165) is 18.4 Å². The standard InChI is InChI=1S/C9H11F.C2H5NO2/c1-2-5-8-6-3-4-7-9(8)10;1-3-2(4)5/h3-4,6-7H,2,5H2,1H3;3H,1H3,(H,4,5). The smallest absolute Gasteiger partial charge is 0.404 e. The minimum Gasteiger partial charge on any atom is -0.465 e. The van der Waals surface area contributed by atoms with Gasteiger partial charge in [0.25, 0.3) is 0 Å². The van der Waals surface area contributed by atoms with Gasteiger partial charge in [-0.25, -0.2) is 9.18 Å². The van der Waals surface area contributed by atoms with Crippen LogP contribution in [0.5, 0.6) is 0 Å². The van der Waals surface area contributed by atoms with Gasteiger partial charge in [-0.05, 0) is 18.1 Å². The van der Waals surface area contributed by atoms with E-state index in [2.05, 4.69) is 0 Å². The lowest BCUT2D eigenvalue weighted by atomic mass is 10.1. The number of carbonyl (C=O) groups is 1. The van der Waals surface area contributed by atoms with Gasteiger partial charge in [-0.2, -0.15) is 0 Å². The zero-order chi connectivity index (χ0) is 11.7. The fraction of sp³-hybridized carbons (Fsp3) is 0.364. The van der Waals surface area contributed by atoms with E-state index in [1.807, 2.05) is 24.4 Å². The quantitative estimate of drug-likeness (QED) is 0.793. The molecule has 0 atom stereocenters. The molecule has 0 bridgehead atoms. The number of halogens is 1. The van der Waals surface area contributed by atoms with Crippen LogP contribution in [0.1, 0.15) is 18.9 Å². The highest BCUT2D eigenvalue weighted by Crippen LogP contribution is 2.07. The van der Waals surface area contributed by atoms with Crippen LogP contribution >= 0.6 is 0 Å². The van der Waals surface area contributed by atoms with Gasteiger partial charge >= 0.3 is 6.09 Å². The van der Waals surface area contributed by atoms with E-state index in [1.165, 1.54) is 13.1 Å². The largest absolute Gasteiger partial charge is 0.465 e. The Hall–Kier alpha value is -1.58. The van der Waals surface area contributed by atoms with Crippen molar-refractivity contribution in [2.24, 2.45) is 0 Å². The molecule has 0 aliphatic carbocycles. The summed E-state index contributed by atoms with van der Waals surface area (Å²) in [6, 6.07) is 6.92. The first-order valence-electron chi connectivity index (χ1n) is 4.75. The Balaban J connectivity index is 0.000000336. The molecule has 1 amide bonds. The van der Waals surface area contributed by atoms with Crippen LogP contribution < -0.4 is 5.32 Å². The van der Waals surface area contributed by atoms with Crippen molar-refractivity contribution < 1.29 is 14.3 Å². The van der Waals surface area contributed by atoms with Gasteiger partial charge in [0.15, 0.2) is 0 Å². The van der Waals surface area contributed by atoms with Crippen LogP contribution in [0, 0.1) is 5.82 Å². The normalized spacial score (nSPS) is 8.73. The average Bonchev–Trinajstić information content (AvgIpc) is 2.23. The zero-order valence-corrected chi connectivity index (χ0v) is 8.96. The molecule has 1 rings (SSSR count). The number of rotatable bonds is 2. The Morgan fingerprint density at radius 3 is 2.40 bits per heavy atom. The number of aryl methyl sites for hydroxylation is 1. The van der Waals surface area contributed by atoms with Crippen molar-refractivity contribution in [3.8, 4) is 0 Å². The maximum atomic E-state index is 12.8. The molecule has 1 aromatic carbocycles. The molecular weight excluding hydrogens is 197 g/mol. The van der Waals surface area contributed by atoms with E-state index in [4.69, 9.17) is 5.11 Å². The van der Waals surface area contributed by atoms with E-state index >= 15 is 0 Å². The second-order valence-corrected chi connectivity index (χ2v) is 2.90. The maximum Gasteiger partial charge on any atom is 0.404 e. The van der Waals surface area contributed by atoms with Gasteiger partial charge in [0, 0.05) is 7.05 Å². The Bertz CT molecular complexity index is 302. The third-order valence-electron chi connectivity index (χ3n) is 1.69. The summed E-state index contributed by atoms with van der Waals surface area (Å²) in [6.07, 6.45) is 0.846. The summed E-state index contributed by atoms with van der Waals surface area (Å²) in [5.74, 6) is -0.0793. The molecule has 0 aromatic heterocycles. The van der Waals surface area contributed by atoms with Gasteiger partial charge in [-0.15, -0.1) is 0 Å². The lowest BCUT2D eigenvalue weighted by Gasteiger charge is -1.97. The molecule has 1 aromatic rings. The summed E-state index contributed by atoms with van der Waals surface area (Å²) in [6.45, 7) is 2.05. The van der Waals surface area contributed by atoms with Gasteiger partial charge < -0.3 is 10.4 Å². The van der Waals surface area contributed by atoms with Crippen molar-refractivity contribution in [1.29, 1.82) is 0 Å². The molecule has 0 aliphatic heterocycles. The topological polar surface area (TPSA) is 49.3 Å². The van der Waals surface area contributed by atoms with Gasteiger partial charge in [0.1, 0.15) is 5.82 Å². The van der Waals surface area contributed by atoms with Crippen LogP contribution in [-0.4, -0.2) is 18.2 Å². The van der Waals surface area contributed by atoms with Crippen LogP contribution in [0.3, 0.4) is 0 Å². The lowest BCUT2D eigenvalue weighted by molar-refractivity contribution is 0.197. The molecule has 3 nitrogen and oxygen atoms in total. The summed E-state index contributed by atoms with van der Waals surface area (Å²) in [5, 5.41) is 9.56. The van der Waals surface area contributed by atoms with Gasteiger partial charge in [0.2, 0.25) is 0 Å². The molecule has 0 spiro atoms. The number of benzene rings is 1. The minimum atomic E-state index is -0.995. The van der Waals surface area contributed by atoms with Crippen molar-refractivity contribution in [2.75, 3.05) is 7.05 Å². The zero-order valence-electron chi connectivity index (χ0n) is 8.96. The summed E-state index contributed by atoms with van der Waals surface area (Å²) in [7, 11) is 1.35. The van der Waals surface area contributed by atoms with Crippen molar-refractivity contribution in [3.63, 3.8) is 0 Å². The highest BCUT2D eigenvalue weighted by atomic mass is 19.1. The van der Waals surface area contributed by atoms with Crippen LogP contribution in [0.4, 0.5) is 9.18 Å². The summed E-state index contributed by atoms with van der Waals surface area (Å²) >= 11 is 0. The Labute approximate surface area is 88.9 Å². The summed E-state index contributed by atoms with van der Waals surface area (Å²) < 4.78 is 12.8. The first-order chi connectivity index (χ1) is 7.11. The molecule has 0 unspecified atom stereocenters. The van der Waals surface area contributed by atoms with Crippen LogP contribution in [0.15, 0.2) is 24.3 Å². The second kappa shape index (κ2) is 7.79. The molecular formula is C11H16FNO2. The van der Waals surface area contributed by atoms with E-state index < -0.39 is 6.09 Å². The molecule has 84 valence electrons. The molecule has 0 heterocycles. The fourth-order valence-electron chi connectivity index (χ4n) is 0.970. The predicted octanol–water partition coefficient (Wildman–Crippen LogP) is 2.66. The van der Waals surface area contributed by atoms with Crippen molar-refractivity contribution in [3.05, 3.63) is 35.6 Å².